The van der Waals surface area contributed by atoms with Gasteiger partial charge in [0.1, 0.15) is 17.2 Å². The fourth-order valence-electron chi connectivity index (χ4n) is 5.02. The topological polar surface area (TPSA) is 111 Å². The summed E-state index contributed by atoms with van der Waals surface area (Å²) in [6.45, 7) is 6.37. The van der Waals surface area contributed by atoms with E-state index in [0.29, 0.717) is 81.4 Å². The summed E-state index contributed by atoms with van der Waals surface area (Å²) in [6.07, 6.45) is 1.06. The minimum Gasteiger partial charge on any atom is -0.383 e. The lowest BCUT2D eigenvalue weighted by Crippen LogP contribution is -2.49. The van der Waals surface area contributed by atoms with Crippen LogP contribution in [-0.2, 0) is 23.7 Å². The Hall–Kier alpha value is -2.65. The van der Waals surface area contributed by atoms with Crippen LogP contribution in [0.2, 0.25) is 0 Å². The van der Waals surface area contributed by atoms with Gasteiger partial charge in [-0.2, -0.15) is 9.97 Å². The summed E-state index contributed by atoms with van der Waals surface area (Å²) in [5, 5.41) is 0. The predicted octanol–water partition coefficient (Wildman–Crippen LogP) is 1.39. The summed E-state index contributed by atoms with van der Waals surface area (Å²) in [5.41, 5.74) is 1.25. The molecule has 0 atom stereocenters. The number of hydrogen-bond donors (Lipinski definition) is 0. The van der Waals surface area contributed by atoms with Gasteiger partial charge in [-0.05, 0) is 12.8 Å². The van der Waals surface area contributed by atoms with Gasteiger partial charge in [0, 0.05) is 74.8 Å². The van der Waals surface area contributed by atoms with E-state index in [1.165, 1.54) is 0 Å². The Bertz CT molecular complexity index is 1070. The monoisotopic (exact) mass is 580 g/mol. The quantitative estimate of drug-likeness (QED) is 0.269. The molecular formula is C27H45FN8O5. The normalized spacial score (nSPS) is 16.4. The molecule has 2 aliphatic heterocycles. The van der Waals surface area contributed by atoms with Gasteiger partial charge in [-0.3, -0.25) is 0 Å². The average molecular weight is 581 g/mol. The second-order valence-corrected chi connectivity index (χ2v) is 10.3. The van der Waals surface area contributed by atoms with Gasteiger partial charge in [0.25, 0.3) is 0 Å². The van der Waals surface area contributed by atoms with Crippen LogP contribution in [0.4, 0.5) is 27.9 Å². The maximum Gasteiger partial charge on any atom is 0.228 e. The molecule has 0 aliphatic carbocycles. The molecule has 2 saturated heterocycles. The van der Waals surface area contributed by atoms with Crippen molar-refractivity contribution in [1.29, 1.82) is 0 Å². The molecule has 13 nitrogen and oxygen atoms in total. The number of fused-ring (bicyclic) bond motifs is 1. The molecule has 0 bridgehead atoms. The molecule has 2 aromatic rings. The number of aromatic nitrogens is 4. The minimum absolute atomic E-state index is 0.209. The van der Waals surface area contributed by atoms with E-state index >= 15 is 0 Å². The molecule has 0 unspecified atom stereocenters. The van der Waals surface area contributed by atoms with Crippen LogP contribution in [0.1, 0.15) is 12.8 Å². The summed E-state index contributed by atoms with van der Waals surface area (Å²) in [7, 11) is 8.43. The third kappa shape index (κ3) is 7.80. The molecule has 0 radical (unpaired) electrons. The van der Waals surface area contributed by atoms with E-state index in [2.05, 4.69) is 4.90 Å². The number of piperidine rings is 1. The summed E-state index contributed by atoms with van der Waals surface area (Å²) in [6, 6.07) is 0. The highest BCUT2D eigenvalue weighted by Crippen LogP contribution is 2.35. The van der Waals surface area contributed by atoms with E-state index < -0.39 is 6.17 Å². The van der Waals surface area contributed by atoms with E-state index in [-0.39, 0.29) is 19.2 Å². The third-order valence-electron chi connectivity index (χ3n) is 7.52. The molecular weight excluding hydrogens is 535 g/mol. The molecule has 0 spiro atoms. The number of anilines is 4. The first-order valence-corrected chi connectivity index (χ1v) is 14.2. The molecule has 2 fully saturated rings. The Labute approximate surface area is 241 Å². The van der Waals surface area contributed by atoms with Gasteiger partial charge in [-0.15, -0.1) is 0 Å². The highest BCUT2D eigenvalue weighted by molar-refractivity contribution is 5.95. The van der Waals surface area contributed by atoms with Crippen LogP contribution in [0.15, 0.2) is 0 Å². The highest BCUT2D eigenvalue weighted by atomic mass is 19.1. The molecule has 230 valence electrons. The van der Waals surface area contributed by atoms with Gasteiger partial charge in [0.05, 0.1) is 45.6 Å². The highest BCUT2D eigenvalue weighted by Gasteiger charge is 2.33. The Morgan fingerprint density at radius 2 is 1.07 bits per heavy atom. The van der Waals surface area contributed by atoms with Crippen LogP contribution in [0.5, 0.6) is 0 Å². The van der Waals surface area contributed by atoms with Crippen molar-refractivity contribution in [2.24, 2.45) is 0 Å². The maximum absolute atomic E-state index is 14.2. The number of alkyl halides is 1. The molecule has 4 rings (SSSR count). The number of nitrogens with zero attached hydrogens (tertiary/aromatic N) is 8. The van der Waals surface area contributed by atoms with Crippen molar-refractivity contribution < 1.29 is 28.1 Å². The average Bonchev–Trinajstić information content (AvgIpc) is 2.98. The minimum atomic E-state index is -0.907. The zero-order chi connectivity index (χ0) is 29.2. The molecule has 2 aromatic heterocycles. The van der Waals surface area contributed by atoms with Crippen molar-refractivity contribution in [3.8, 4) is 0 Å². The largest absolute Gasteiger partial charge is 0.383 e. The Kier molecular flexibility index (Phi) is 11.9. The summed E-state index contributed by atoms with van der Waals surface area (Å²) < 4.78 is 41.3. The lowest BCUT2D eigenvalue weighted by Gasteiger charge is -2.37. The van der Waals surface area contributed by atoms with Gasteiger partial charge in [0.15, 0.2) is 11.6 Å². The molecule has 0 saturated carbocycles. The Balaban J connectivity index is 1.88. The van der Waals surface area contributed by atoms with E-state index in [9.17, 15) is 4.39 Å². The number of ether oxygens (including phenoxy) is 5. The van der Waals surface area contributed by atoms with Gasteiger partial charge in [-0.25, -0.2) is 14.4 Å². The first kappa shape index (κ1) is 31.3. The summed E-state index contributed by atoms with van der Waals surface area (Å²) in [5.74, 6) is 2.40. The van der Waals surface area contributed by atoms with Crippen molar-refractivity contribution in [1.82, 2.24) is 19.9 Å². The van der Waals surface area contributed by atoms with Gasteiger partial charge in [-0.1, -0.05) is 0 Å². The second kappa shape index (κ2) is 15.5. The van der Waals surface area contributed by atoms with Crippen LogP contribution in [-0.4, -0.2) is 147 Å². The van der Waals surface area contributed by atoms with Crippen molar-refractivity contribution in [3.05, 3.63) is 0 Å². The number of rotatable bonds is 17. The summed E-state index contributed by atoms with van der Waals surface area (Å²) in [4.78, 5) is 28.4. The molecule has 0 N–H and O–H groups in total. The first-order valence-electron chi connectivity index (χ1n) is 14.2. The molecule has 41 heavy (non-hydrogen) atoms. The number of methoxy groups -OCH3 is 5. The van der Waals surface area contributed by atoms with E-state index in [0.717, 1.165) is 31.7 Å². The fourth-order valence-corrected chi connectivity index (χ4v) is 5.02. The second-order valence-electron chi connectivity index (χ2n) is 10.3. The number of halogens is 1. The zero-order valence-electron chi connectivity index (χ0n) is 25.1. The van der Waals surface area contributed by atoms with Crippen LogP contribution in [0, 0.1) is 0 Å². The lowest BCUT2D eigenvalue weighted by molar-refractivity contribution is 0.0818. The van der Waals surface area contributed by atoms with Gasteiger partial charge >= 0.3 is 0 Å². The summed E-state index contributed by atoms with van der Waals surface area (Å²) >= 11 is 0. The van der Waals surface area contributed by atoms with Gasteiger partial charge in [0.2, 0.25) is 11.9 Å². The Morgan fingerprint density at radius 1 is 0.659 bits per heavy atom. The zero-order valence-corrected chi connectivity index (χ0v) is 25.1. The lowest BCUT2D eigenvalue weighted by atomic mass is 10.1. The smallest absolute Gasteiger partial charge is 0.228 e. The van der Waals surface area contributed by atoms with Crippen molar-refractivity contribution in [2.75, 3.05) is 134 Å². The first-order chi connectivity index (χ1) is 20.0. The SMILES string of the molecule is COCCN(CCOC)c1nc(N2CC(F)C2)c2nc(N(CCOC)CCOC)nc(N3CCC(OC)CC3)c2n1. The molecule has 14 heteroatoms. The van der Waals surface area contributed by atoms with Crippen molar-refractivity contribution >= 4 is 34.6 Å². The maximum atomic E-state index is 14.2. The van der Waals surface area contributed by atoms with E-state index in [1.54, 1.807) is 35.5 Å². The van der Waals surface area contributed by atoms with Crippen LogP contribution < -0.4 is 19.6 Å². The molecule has 0 amide bonds. The van der Waals surface area contributed by atoms with E-state index in [4.69, 9.17) is 43.6 Å². The van der Waals surface area contributed by atoms with Crippen LogP contribution in [0.25, 0.3) is 11.0 Å². The van der Waals surface area contributed by atoms with E-state index in [1.807, 2.05) is 14.7 Å². The predicted molar refractivity (Wildman–Crippen MR) is 156 cm³/mol. The van der Waals surface area contributed by atoms with Gasteiger partial charge < -0.3 is 43.3 Å². The van der Waals surface area contributed by atoms with Crippen molar-refractivity contribution in [3.63, 3.8) is 0 Å². The third-order valence-corrected chi connectivity index (χ3v) is 7.52. The van der Waals surface area contributed by atoms with Crippen LogP contribution in [0.3, 0.4) is 0 Å². The molecule has 4 heterocycles. The molecule has 2 aliphatic rings. The van der Waals surface area contributed by atoms with Crippen LogP contribution >= 0.6 is 0 Å². The molecule has 0 aromatic carbocycles. The standard InChI is InChI=1S/C27H45FN8O5/c1-37-14-10-34(11-15-38-2)26-30-23-22(24(31-26)33-8-6-21(41-5)7-9-33)29-27(32-25(23)36-18-20(28)19-36)35(12-16-39-3)13-17-40-4/h20-21H,6-19H2,1-5H3. The Morgan fingerprint density at radius 3 is 1.44 bits per heavy atom. The van der Waals surface area contributed by atoms with Crippen molar-refractivity contribution in [2.45, 2.75) is 25.1 Å². The number of hydrogen-bond acceptors (Lipinski definition) is 13. The fraction of sp³-hybridized carbons (Fsp3) is 0.778.